The molecule has 1 unspecified atom stereocenters. The van der Waals surface area contributed by atoms with E-state index >= 15 is 0 Å². The van der Waals surface area contributed by atoms with Gasteiger partial charge >= 0.3 is 0 Å². The predicted octanol–water partition coefficient (Wildman–Crippen LogP) is 2.53. The third kappa shape index (κ3) is 4.22. The Hall–Kier alpha value is -0.120. The first-order valence-corrected chi connectivity index (χ1v) is 7.40. The number of ether oxygens (including phenoxy) is 1. The highest BCUT2D eigenvalue weighted by molar-refractivity contribution is 4.88. The highest BCUT2D eigenvalue weighted by Gasteiger charge is 2.35. The first kappa shape index (κ1) is 15.9. The van der Waals surface area contributed by atoms with Gasteiger partial charge in [0.15, 0.2) is 0 Å². The average molecular weight is 257 g/mol. The van der Waals surface area contributed by atoms with Gasteiger partial charge in [-0.15, -0.1) is 0 Å². The van der Waals surface area contributed by atoms with Gasteiger partial charge < -0.3 is 9.84 Å². The van der Waals surface area contributed by atoms with Crippen LogP contribution >= 0.6 is 0 Å². The molecule has 0 saturated heterocycles. The van der Waals surface area contributed by atoms with E-state index in [9.17, 15) is 5.11 Å². The topological polar surface area (TPSA) is 32.7 Å². The Morgan fingerprint density at radius 2 is 2.00 bits per heavy atom. The Labute approximate surface area is 113 Å². The molecule has 0 amide bonds. The molecule has 1 saturated carbocycles. The number of aliphatic hydroxyl groups is 1. The number of rotatable bonds is 7. The summed E-state index contributed by atoms with van der Waals surface area (Å²) in [6.07, 6.45) is 4.86. The van der Waals surface area contributed by atoms with Gasteiger partial charge in [-0.1, -0.05) is 26.7 Å². The van der Waals surface area contributed by atoms with Gasteiger partial charge in [0.05, 0.1) is 6.61 Å². The van der Waals surface area contributed by atoms with Crippen LogP contribution in [0.15, 0.2) is 0 Å². The Balaban J connectivity index is 2.59. The Bertz CT molecular complexity index is 225. The molecule has 0 heterocycles. The number of likely N-dealkylation sites (N-methyl/N-ethyl adjacent to an activating group) is 1. The fourth-order valence-electron chi connectivity index (χ4n) is 3.10. The normalized spacial score (nSPS) is 30.7. The van der Waals surface area contributed by atoms with Gasteiger partial charge in [0, 0.05) is 31.7 Å². The summed E-state index contributed by atoms with van der Waals surface area (Å²) < 4.78 is 5.26. The predicted molar refractivity (Wildman–Crippen MR) is 75.7 cm³/mol. The zero-order chi connectivity index (χ0) is 13.6. The first-order chi connectivity index (χ1) is 8.56. The third-order valence-electron chi connectivity index (χ3n) is 4.65. The van der Waals surface area contributed by atoms with Crippen molar-refractivity contribution in [2.45, 2.75) is 52.5 Å². The minimum atomic E-state index is 0.129. The molecule has 0 radical (unpaired) electrons. The van der Waals surface area contributed by atoms with Crippen molar-refractivity contribution in [3.05, 3.63) is 0 Å². The van der Waals surface area contributed by atoms with E-state index in [-0.39, 0.29) is 5.41 Å². The quantitative estimate of drug-likeness (QED) is 0.761. The van der Waals surface area contributed by atoms with E-state index < -0.39 is 0 Å². The standard InChI is InChI=1S/C15H31NO2/c1-5-16(14(3)10-18-4)11-15(12-17)8-6-13(2)7-9-15/h13-14,17H,5-12H2,1-4H3. The molecule has 0 aromatic carbocycles. The molecule has 1 rings (SSSR count). The lowest BCUT2D eigenvalue weighted by atomic mass is 9.71. The summed E-state index contributed by atoms with van der Waals surface area (Å²) in [5, 5.41) is 9.83. The van der Waals surface area contributed by atoms with E-state index in [4.69, 9.17) is 4.74 Å². The Morgan fingerprint density at radius 3 is 2.44 bits per heavy atom. The fraction of sp³-hybridized carbons (Fsp3) is 1.00. The first-order valence-electron chi connectivity index (χ1n) is 7.40. The van der Waals surface area contributed by atoms with Crippen LogP contribution in [0.4, 0.5) is 0 Å². The maximum absolute atomic E-state index is 9.83. The summed E-state index contributed by atoms with van der Waals surface area (Å²) in [5.41, 5.74) is 0.129. The molecular formula is C15H31NO2. The number of hydrogen-bond donors (Lipinski definition) is 1. The summed E-state index contributed by atoms with van der Waals surface area (Å²) in [5.74, 6) is 0.830. The van der Waals surface area contributed by atoms with Crippen LogP contribution in [-0.4, -0.2) is 49.5 Å². The minimum Gasteiger partial charge on any atom is -0.396 e. The van der Waals surface area contributed by atoms with Gasteiger partial charge in [-0.3, -0.25) is 4.90 Å². The molecule has 0 spiro atoms. The molecular weight excluding hydrogens is 226 g/mol. The largest absolute Gasteiger partial charge is 0.396 e. The molecule has 1 atom stereocenters. The van der Waals surface area contributed by atoms with Crippen LogP contribution in [0.2, 0.25) is 0 Å². The Kier molecular flexibility index (Phi) is 6.61. The van der Waals surface area contributed by atoms with E-state index in [2.05, 4.69) is 25.7 Å². The minimum absolute atomic E-state index is 0.129. The molecule has 0 aromatic heterocycles. The monoisotopic (exact) mass is 257 g/mol. The maximum atomic E-state index is 9.83. The lowest BCUT2D eigenvalue weighted by molar-refractivity contribution is 0.00615. The highest BCUT2D eigenvalue weighted by Crippen LogP contribution is 2.39. The van der Waals surface area contributed by atoms with Crippen molar-refractivity contribution >= 4 is 0 Å². The second-order valence-corrected chi connectivity index (χ2v) is 6.21. The van der Waals surface area contributed by atoms with E-state index in [1.807, 2.05) is 0 Å². The summed E-state index contributed by atoms with van der Waals surface area (Å²) in [4.78, 5) is 2.45. The molecule has 3 nitrogen and oxygen atoms in total. The van der Waals surface area contributed by atoms with Crippen LogP contribution in [0.3, 0.4) is 0 Å². The molecule has 108 valence electrons. The fourth-order valence-corrected chi connectivity index (χ4v) is 3.10. The summed E-state index contributed by atoms with van der Waals surface area (Å²) in [6, 6.07) is 0.433. The van der Waals surface area contributed by atoms with E-state index in [1.165, 1.54) is 25.7 Å². The molecule has 0 bridgehead atoms. The van der Waals surface area contributed by atoms with E-state index in [1.54, 1.807) is 7.11 Å². The maximum Gasteiger partial charge on any atom is 0.0615 e. The SMILES string of the molecule is CCN(CC1(CO)CCC(C)CC1)C(C)COC. The van der Waals surface area contributed by atoms with Crippen LogP contribution in [-0.2, 0) is 4.74 Å². The van der Waals surface area contributed by atoms with Crippen molar-refractivity contribution < 1.29 is 9.84 Å². The lowest BCUT2D eigenvalue weighted by Crippen LogP contribution is -2.47. The van der Waals surface area contributed by atoms with E-state index in [0.29, 0.717) is 12.6 Å². The van der Waals surface area contributed by atoms with Crippen molar-refractivity contribution in [2.24, 2.45) is 11.3 Å². The zero-order valence-electron chi connectivity index (χ0n) is 12.6. The van der Waals surface area contributed by atoms with Crippen molar-refractivity contribution in [3.8, 4) is 0 Å². The molecule has 0 aliphatic heterocycles. The van der Waals surface area contributed by atoms with Crippen LogP contribution in [0.25, 0.3) is 0 Å². The van der Waals surface area contributed by atoms with Crippen LogP contribution in [0.1, 0.15) is 46.5 Å². The average Bonchev–Trinajstić information content (AvgIpc) is 2.39. The van der Waals surface area contributed by atoms with Gasteiger partial charge in [-0.05, 0) is 32.2 Å². The smallest absolute Gasteiger partial charge is 0.0615 e. The molecule has 18 heavy (non-hydrogen) atoms. The number of aliphatic hydroxyl groups excluding tert-OH is 1. The molecule has 3 heteroatoms. The van der Waals surface area contributed by atoms with Gasteiger partial charge in [-0.25, -0.2) is 0 Å². The summed E-state index contributed by atoms with van der Waals surface area (Å²) >= 11 is 0. The second kappa shape index (κ2) is 7.46. The highest BCUT2D eigenvalue weighted by atomic mass is 16.5. The van der Waals surface area contributed by atoms with Gasteiger partial charge in [-0.2, -0.15) is 0 Å². The summed E-state index contributed by atoms with van der Waals surface area (Å²) in [6.45, 7) is 9.87. The Morgan fingerprint density at radius 1 is 1.39 bits per heavy atom. The zero-order valence-corrected chi connectivity index (χ0v) is 12.6. The third-order valence-corrected chi connectivity index (χ3v) is 4.65. The van der Waals surface area contributed by atoms with Gasteiger partial charge in [0.2, 0.25) is 0 Å². The molecule has 1 aliphatic rings. The van der Waals surface area contributed by atoms with Crippen LogP contribution in [0, 0.1) is 11.3 Å². The molecule has 1 aliphatic carbocycles. The lowest BCUT2D eigenvalue weighted by Gasteiger charge is -2.43. The van der Waals surface area contributed by atoms with Crippen LogP contribution < -0.4 is 0 Å². The number of nitrogens with zero attached hydrogens (tertiary/aromatic N) is 1. The second-order valence-electron chi connectivity index (χ2n) is 6.21. The van der Waals surface area contributed by atoms with Crippen LogP contribution in [0.5, 0.6) is 0 Å². The summed E-state index contributed by atoms with van der Waals surface area (Å²) in [7, 11) is 1.76. The molecule has 1 fully saturated rings. The van der Waals surface area contributed by atoms with Gasteiger partial charge in [0.25, 0.3) is 0 Å². The van der Waals surface area contributed by atoms with Crippen molar-refractivity contribution in [3.63, 3.8) is 0 Å². The number of hydrogen-bond acceptors (Lipinski definition) is 3. The van der Waals surface area contributed by atoms with Crippen molar-refractivity contribution in [2.75, 3.05) is 33.4 Å². The number of methoxy groups -OCH3 is 1. The molecule has 1 N–H and O–H groups in total. The van der Waals surface area contributed by atoms with Gasteiger partial charge in [0.1, 0.15) is 0 Å². The van der Waals surface area contributed by atoms with Crippen molar-refractivity contribution in [1.82, 2.24) is 4.90 Å². The molecule has 0 aromatic rings. The van der Waals surface area contributed by atoms with Crippen molar-refractivity contribution in [1.29, 1.82) is 0 Å². The van der Waals surface area contributed by atoms with E-state index in [0.717, 1.165) is 25.6 Å².